The zero-order valence-electron chi connectivity index (χ0n) is 13.8. The van der Waals surface area contributed by atoms with Gasteiger partial charge in [0.05, 0.1) is 0 Å². The number of nitrogens with one attached hydrogen (secondary N) is 1. The molecule has 0 saturated heterocycles. The fourth-order valence-corrected chi connectivity index (χ4v) is 2.36. The third kappa shape index (κ3) is 4.27. The van der Waals surface area contributed by atoms with Crippen LogP contribution in [0.4, 0.5) is 0 Å². The molecule has 1 unspecified atom stereocenters. The second kappa shape index (κ2) is 8.16. The fraction of sp³-hybridized carbons (Fsp3) is 0.222. The van der Waals surface area contributed by atoms with E-state index < -0.39 is 6.10 Å². The lowest BCUT2D eigenvalue weighted by Gasteiger charge is -2.15. The minimum Gasteiger partial charge on any atom is -0.367 e. The van der Waals surface area contributed by atoms with Crippen LogP contribution in [0.2, 0.25) is 0 Å². The normalized spacial score (nSPS) is 11.9. The van der Waals surface area contributed by atoms with Crippen LogP contribution >= 0.6 is 0 Å². The lowest BCUT2D eigenvalue weighted by atomic mass is 10.1. The summed E-state index contributed by atoms with van der Waals surface area (Å²) in [7, 11) is 1.51. The summed E-state index contributed by atoms with van der Waals surface area (Å²) in [6, 6.07) is 14.8. The molecule has 7 nitrogen and oxygen atoms in total. The van der Waals surface area contributed by atoms with E-state index in [4.69, 9.17) is 9.26 Å². The maximum atomic E-state index is 12.3. The first-order chi connectivity index (χ1) is 12.3. The first kappa shape index (κ1) is 16.8. The molecule has 0 fully saturated rings. The summed E-state index contributed by atoms with van der Waals surface area (Å²) in [5.41, 5.74) is 1.42. The van der Waals surface area contributed by atoms with Crippen LogP contribution in [0.15, 0.2) is 59.3 Å². The average molecular weight is 338 g/mol. The first-order valence-corrected chi connectivity index (χ1v) is 7.87. The third-order valence-electron chi connectivity index (χ3n) is 3.58. The van der Waals surface area contributed by atoms with Crippen molar-refractivity contribution in [2.45, 2.75) is 12.5 Å². The Bertz CT molecular complexity index is 805. The smallest absolute Gasteiger partial charge is 0.276 e. The van der Waals surface area contributed by atoms with Gasteiger partial charge in [-0.1, -0.05) is 41.6 Å². The number of aromatic nitrogens is 3. The van der Waals surface area contributed by atoms with Crippen LogP contribution in [-0.2, 0) is 16.0 Å². The van der Waals surface area contributed by atoms with E-state index in [-0.39, 0.29) is 5.91 Å². The molecule has 128 valence electrons. The van der Waals surface area contributed by atoms with Gasteiger partial charge in [0.1, 0.15) is 5.69 Å². The molecule has 0 saturated carbocycles. The maximum Gasteiger partial charge on any atom is 0.276 e. The number of nitrogens with zero attached hydrogens (tertiary/aromatic N) is 3. The standard InChI is InChI=1S/C18H18N4O3/c1-24-16(13-7-3-2-4-8-13)17(23)20-12-10-15-21-18(25-22-15)14-9-5-6-11-19-14/h2-9,11,16H,10,12H2,1H3,(H,20,23). The Morgan fingerprint density at radius 1 is 1.20 bits per heavy atom. The van der Waals surface area contributed by atoms with Gasteiger partial charge < -0.3 is 14.6 Å². The molecule has 0 bridgehead atoms. The second-order valence-electron chi connectivity index (χ2n) is 5.30. The van der Waals surface area contributed by atoms with E-state index in [2.05, 4.69) is 20.4 Å². The molecule has 1 amide bonds. The summed E-state index contributed by atoms with van der Waals surface area (Å²) in [4.78, 5) is 20.7. The SMILES string of the molecule is COC(C(=O)NCCc1noc(-c2ccccn2)n1)c1ccccc1. The highest BCUT2D eigenvalue weighted by atomic mass is 16.5. The van der Waals surface area contributed by atoms with Crippen molar-refractivity contribution >= 4 is 5.91 Å². The summed E-state index contributed by atoms with van der Waals surface area (Å²) < 4.78 is 10.5. The summed E-state index contributed by atoms with van der Waals surface area (Å²) >= 11 is 0. The van der Waals surface area contributed by atoms with Gasteiger partial charge in [-0.05, 0) is 17.7 Å². The number of amides is 1. The van der Waals surface area contributed by atoms with Crippen molar-refractivity contribution in [1.82, 2.24) is 20.4 Å². The fourth-order valence-electron chi connectivity index (χ4n) is 2.36. The Labute approximate surface area is 145 Å². The van der Waals surface area contributed by atoms with Crippen LogP contribution in [0.1, 0.15) is 17.5 Å². The van der Waals surface area contributed by atoms with Crippen molar-refractivity contribution in [3.05, 3.63) is 66.1 Å². The predicted octanol–water partition coefficient (Wildman–Crippen LogP) is 2.18. The van der Waals surface area contributed by atoms with Crippen LogP contribution in [0.25, 0.3) is 11.6 Å². The van der Waals surface area contributed by atoms with E-state index in [1.807, 2.05) is 42.5 Å². The Balaban J connectivity index is 1.54. The van der Waals surface area contributed by atoms with Gasteiger partial charge in [-0.15, -0.1) is 0 Å². The van der Waals surface area contributed by atoms with E-state index in [9.17, 15) is 4.79 Å². The maximum absolute atomic E-state index is 12.3. The van der Waals surface area contributed by atoms with Crippen molar-refractivity contribution < 1.29 is 14.1 Å². The summed E-state index contributed by atoms with van der Waals surface area (Å²) in [5.74, 6) is 0.665. The highest BCUT2D eigenvalue weighted by Crippen LogP contribution is 2.16. The van der Waals surface area contributed by atoms with Gasteiger partial charge in [-0.3, -0.25) is 9.78 Å². The Morgan fingerprint density at radius 3 is 2.72 bits per heavy atom. The van der Waals surface area contributed by atoms with Gasteiger partial charge in [0.25, 0.3) is 11.8 Å². The van der Waals surface area contributed by atoms with Crippen molar-refractivity contribution in [2.24, 2.45) is 0 Å². The molecule has 1 atom stereocenters. The lowest BCUT2D eigenvalue weighted by molar-refractivity contribution is -0.131. The van der Waals surface area contributed by atoms with E-state index in [1.165, 1.54) is 7.11 Å². The second-order valence-corrected chi connectivity index (χ2v) is 5.30. The van der Waals surface area contributed by atoms with E-state index in [0.29, 0.717) is 30.4 Å². The average Bonchev–Trinajstić information content (AvgIpc) is 3.13. The van der Waals surface area contributed by atoms with Crippen LogP contribution in [0, 0.1) is 0 Å². The number of rotatable bonds is 7. The number of hydrogen-bond donors (Lipinski definition) is 1. The minimum absolute atomic E-state index is 0.206. The highest BCUT2D eigenvalue weighted by molar-refractivity contribution is 5.82. The van der Waals surface area contributed by atoms with Crippen LogP contribution in [0.5, 0.6) is 0 Å². The van der Waals surface area contributed by atoms with Crippen LogP contribution in [-0.4, -0.2) is 34.7 Å². The molecule has 7 heteroatoms. The number of hydrogen-bond acceptors (Lipinski definition) is 6. The van der Waals surface area contributed by atoms with Gasteiger partial charge in [0.15, 0.2) is 11.9 Å². The van der Waals surface area contributed by atoms with Gasteiger partial charge in [0, 0.05) is 26.3 Å². The largest absolute Gasteiger partial charge is 0.367 e. The molecule has 1 aromatic carbocycles. The van der Waals surface area contributed by atoms with Crippen molar-refractivity contribution in [3.8, 4) is 11.6 Å². The van der Waals surface area contributed by atoms with Gasteiger partial charge >= 0.3 is 0 Å². The summed E-state index contributed by atoms with van der Waals surface area (Å²) in [5, 5.41) is 6.73. The summed E-state index contributed by atoms with van der Waals surface area (Å²) in [6.07, 6.45) is 1.47. The Morgan fingerprint density at radius 2 is 2.00 bits per heavy atom. The zero-order chi connectivity index (χ0) is 17.5. The monoisotopic (exact) mass is 338 g/mol. The molecule has 0 spiro atoms. The van der Waals surface area contributed by atoms with E-state index >= 15 is 0 Å². The Kier molecular flexibility index (Phi) is 5.48. The minimum atomic E-state index is -0.643. The first-order valence-electron chi connectivity index (χ1n) is 7.87. The summed E-state index contributed by atoms with van der Waals surface area (Å²) in [6.45, 7) is 0.382. The van der Waals surface area contributed by atoms with Gasteiger partial charge in [0.2, 0.25) is 0 Å². The van der Waals surface area contributed by atoms with Crippen LogP contribution < -0.4 is 5.32 Å². The molecule has 2 aromatic heterocycles. The molecule has 0 radical (unpaired) electrons. The molecule has 2 heterocycles. The molecule has 0 aliphatic rings. The number of benzene rings is 1. The number of methoxy groups -OCH3 is 1. The van der Waals surface area contributed by atoms with Crippen molar-refractivity contribution in [1.29, 1.82) is 0 Å². The topological polar surface area (TPSA) is 90.1 Å². The molecule has 1 N–H and O–H groups in total. The van der Waals surface area contributed by atoms with E-state index in [0.717, 1.165) is 5.56 Å². The Hall–Kier alpha value is -3.06. The van der Waals surface area contributed by atoms with Gasteiger partial charge in [-0.25, -0.2) is 0 Å². The molecule has 3 aromatic rings. The third-order valence-corrected chi connectivity index (χ3v) is 3.58. The molecule has 25 heavy (non-hydrogen) atoms. The van der Waals surface area contributed by atoms with Crippen molar-refractivity contribution in [3.63, 3.8) is 0 Å². The van der Waals surface area contributed by atoms with Crippen molar-refractivity contribution in [2.75, 3.05) is 13.7 Å². The number of carbonyl (C=O) groups excluding carboxylic acids is 1. The lowest BCUT2D eigenvalue weighted by Crippen LogP contribution is -2.32. The molecule has 3 rings (SSSR count). The van der Waals surface area contributed by atoms with Crippen LogP contribution in [0.3, 0.4) is 0 Å². The van der Waals surface area contributed by atoms with Gasteiger partial charge in [-0.2, -0.15) is 4.98 Å². The number of carbonyl (C=O) groups is 1. The number of pyridine rings is 1. The zero-order valence-corrected chi connectivity index (χ0v) is 13.8. The molecular formula is C18H18N4O3. The highest BCUT2D eigenvalue weighted by Gasteiger charge is 2.19. The predicted molar refractivity (Wildman–Crippen MR) is 90.4 cm³/mol. The molecular weight excluding hydrogens is 320 g/mol. The number of ether oxygens (including phenoxy) is 1. The molecule has 0 aliphatic carbocycles. The molecule has 0 aliphatic heterocycles. The quantitative estimate of drug-likeness (QED) is 0.710. The van der Waals surface area contributed by atoms with E-state index in [1.54, 1.807) is 12.3 Å².